The van der Waals surface area contributed by atoms with E-state index in [1.165, 1.54) is 42.6 Å². The Morgan fingerprint density at radius 2 is 1.85 bits per heavy atom. The molecule has 0 radical (unpaired) electrons. The number of carbonyl (C=O) groups is 2. The zero-order valence-corrected chi connectivity index (χ0v) is 25.7. The van der Waals surface area contributed by atoms with Crippen molar-refractivity contribution in [1.29, 1.82) is 0 Å². The second kappa shape index (κ2) is 11.3. The molecule has 10 nitrogen and oxygen atoms in total. The molecule has 1 aliphatic heterocycles. The molecule has 2 heterocycles. The van der Waals surface area contributed by atoms with Gasteiger partial charge in [0.05, 0.1) is 17.8 Å². The van der Waals surface area contributed by atoms with E-state index >= 15 is 4.39 Å². The zero-order valence-electron chi connectivity index (χ0n) is 23.3. The van der Waals surface area contributed by atoms with E-state index in [1.807, 2.05) is 0 Å². The molecule has 0 aliphatic carbocycles. The highest BCUT2D eigenvalue weighted by atomic mass is 35.5. The topological polar surface area (TPSA) is 132 Å². The summed E-state index contributed by atoms with van der Waals surface area (Å²) in [6, 6.07) is 8.56. The summed E-state index contributed by atoms with van der Waals surface area (Å²) in [6.07, 6.45) is 0.284. The van der Waals surface area contributed by atoms with E-state index < -0.39 is 44.0 Å². The van der Waals surface area contributed by atoms with E-state index in [0.29, 0.717) is 15.6 Å². The van der Waals surface area contributed by atoms with Gasteiger partial charge in [0, 0.05) is 21.9 Å². The normalized spacial score (nSPS) is 16.2. The summed E-state index contributed by atoms with van der Waals surface area (Å²) < 4.78 is 49.5. The van der Waals surface area contributed by atoms with Crippen molar-refractivity contribution in [1.82, 2.24) is 15.5 Å². The molecule has 0 unspecified atom stereocenters. The van der Waals surface area contributed by atoms with Gasteiger partial charge in [0.25, 0.3) is 11.8 Å². The van der Waals surface area contributed by atoms with Crippen LogP contribution in [0.3, 0.4) is 0 Å². The van der Waals surface area contributed by atoms with Crippen molar-refractivity contribution in [3.8, 4) is 11.5 Å². The fourth-order valence-electron chi connectivity index (χ4n) is 3.81. The number of thioether (sulfide) groups is 1. The van der Waals surface area contributed by atoms with Crippen LogP contribution in [0.15, 0.2) is 45.7 Å². The molecule has 1 aromatic heterocycles. The first kappa shape index (κ1) is 30.8. The fourth-order valence-corrected chi connectivity index (χ4v) is 5.41. The number of carbonyl (C=O) groups excluding carboxylic acids is 2. The standard InChI is InChI=1S/C27H30ClFN4O6S2/c1-26(2,3)39-25(35)30-19-14-40-21-12-18(29)17(22-31-32-24(38-22)27(4,5)41(6,36)37)11-20(21)33(23(19)34)13-15-7-9-16(28)10-8-15/h7-12,19H,13-14H2,1-6H3,(H,30,35)/t19-/m0/s1. The first-order valence-corrected chi connectivity index (χ1v) is 15.8. The van der Waals surface area contributed by atoms with Crippen molar-refractivity contribution in [3.63, 3.8) is 0 Å². The third-order valence-corrected chi connectivity index (χ3v) is 9.77. The van der Waals surface area contributed by atoms with Gasteiger partial charge < -0.3 is 19.4 Å². The molecule has 0 saturated heterocycles. The second-order valence-electron chi connectivity index (χ2n) is 11.1. The highest BCUT2D eigenvalue weighted by molar-refractivity contribution is 7.99. The molecule has 0 saturated carbocycles. The van der Waals surface area contributed by atoms with Crippen LogP contribution in [0.4, 0.5) is 14.9 Å². The Labute approximate surface area is 246 Å². The molecule has 1 N–H and O–H groups in total. The van der Waals surface area contributed by atoms with Crippen molar-refractivity contribution < 1.29 is 31.6 Å². The smallest absolute Gasteiger partial charge is 0.408 e. The van der Waals surface area contributed by atoms with Gasteiger partial charge >= 0.3 is 6.09 Å². The van der Waals surface area contributed by atoms with Gasteiger partial charge in [-0.3, -0.25) is 4.79 Å². The minimum atomic E-state index is -3.64. The van der Waals surface area contributed by atoms with Crippen LogP contribution in [0.1, 0.15) is 46.1 Å². The number of amides is 2. The summed E-state index contributed by atoms with van der Waals surface area (Å²) in [5.74, 6) is -1.48. The summed E-state index contributed by atoms with van der Waals surface area (Å²) in [4.78, 5) is 28.3. The average molecular weight is 625 g/mol. The first-order valence-electron chi connectivity index (χ1n) is 12.5. The second-order valence-corrected chi connectivity index (χ2v) is 15.1. The highest BCUT2D eigenvalue weighted by Gasteiger charge is 2.39. The Morgan fingerprint density at radius 3 is 2.46 bits per heavy atom. The molecular weight excluding hydrogens is 595 g/mol. The maximum Gasteiger partial charge on any atom is 0.408 e. The van der Waals surface area contributed by atoms with E-state index in [4.69, 9.17) is 20.8 Å². The van der Waals surface area contributed by atoms with Crippen molar-refractivity contribution >= 4 is 50.9 Å². The minimum Gasteiger partial charge on any atom is -0.444 e. The van der Waals surface area contributed by atoms with Crippen LogP contribution < -0.4 is 10.2 Å². The third kappa shape index (κ3) is 6.84. The molecule has 2 aromatic carbocycles. The lowest BCUT2D eigenvalue weighted by Crippen LogP contribution is -2.50. The van der Waals surface area contributed by atoms with Crippen LogP contribution in [0, 0.1) is 5.82 Å². The third-order valence-electron chi connectivity index (χ3n) is 6.35. The van der Waals surface area contributed by atoms with E-state index in [0.717, 1.165) is 11.8 Å². The van der Waals surface area contributed by atoms with Crippen LogP contribution in [-0.4, -0.2) is 54.3 Å². The number of hydrogen-bond acceptors (Lipinski definition) is 9. The zero-order chi connectivity index (χ0) is 30.3. The van der Waals surface area contributed by atoms with Gasteiger partial charge in [0.2, 0.25) is 5.89 Å². The number of nitrogens with zero attached hydrogens (tertiary/aromatic N) is 3. The van der Waals surface area contributed by atoms with Gasteiger partial charge in [-0.15, -0.1) is 22.0 Å². The molecule has 3 aromatic rings. The minimum absolute atomic E-state index is 0.0807. The number of fused-ring (bicyclic) bond motifs is 1. The largest absolute Gasteiger partial charge is 0.444 e. The Bertz CT molecular complexity index is 1590. The maximum atomic E-state index is 15.5. The Morgan fingerprint density at radius 1 is 1.20 bits per heavy atom. The van der Waals surface area contributed by atoms with Gasteiger partial charge in [-0.2, -0.15) is 0 Å². The highest BCUT2D eigenvalue weighted by Crippen LogP contribution is 2.40. The lowest BCUT2D eigenvalue weighted by atomic mass is 10.1. The van der Waals surface area contributed by atoms with E-state index in [-0.39, 0.29) is 29.6 Å². The average Bonchev–Trinajstić information content (AvgIpc) is 3.31. The first-order chi connectivity index (χ1) is 19.0. The summed E-state index contributed by atoms with van der Waals surface area (Å²) in [5.41, 5.74) is 0.197. The number of rotatable bonds is 6. The number of anilines is 1. The van der Waals surface area contributed by atoms with Crippen LogP contribution in [-0.2, 0) is 30.7 Å². The SMILES string of the molecule is CC(C)(C)OC(=O)N[C@H]1CSc2cc(F)c(-c3nnc(C(C)(C)S(C)(=O)=O)o3)cc2N(Cc2ccc(Cl)cc2)C1=O. The molecule has 41 heavy (non-hydrogen) atoms. The summed E-state index contributed by atoms with van der Waals surface area (Å²) in [7, 11) is -3.64. The molecule has 1 atom stereocenters. The quantitative estimate of drug-likeness (QED) is 0.386. The fraction of sp³-hybridized carbons (Fsp3) is 0.407. The molecule has 1 aliphatic rings. The number of benzene rings is 2. The van der Waals surface area contributed by atoms with Crippen LogP contribution in [0.5, 0.6) is 0 Å². The number of aromatic nitrogens is 2. The summed E-state index contributed by atoms with van der Waals surface area (Å²) >= 11 is 7.23. The lowest BCUT2D eigenvalue weighted by molar-refractivity contribution is -0.120. The number of nitrogens with one attached hydrogen (secondary N) is 1. The Kier molecular flexibility index (Phi) is 8.45. The van der Waals surface area contributed by atoms with Crippen molar-refractivity contribution in [2.24, 2.45) is 0 Å². The van der Waals surface area contributed by atoms with E-state index in [9.17, 15) is 18.0 Å². The maximum absolute atomic E-state index is 15.5. The number of alkyl carbamates (subject to hydrolysis) is 1. The van der Waals surface area contributed by atoms with Crippen molar-refractivity contribution in [2.75, 3.05) is 16.9 Å². The summed E-state index contributed by atoms with van der Waals surface area (Å²) in [6.45, 7) is 8.04. The van der Waals surface area contributed by atoms with Crippen LogP contribution in [0.2, 0.25) is 5.02 Å². The Balaban J connectivity index is 1.77. The molecule has 4 rings (SSSR count). The summed E-state index contributed by atoms with van der Waals surface area (Å²) in [5, 5.41) is 10.9. The van der Waals surface area contributed by atoms with E-state index in [1.54, 1.807) is 45.0 Å². The van der Waals surface area contributed by atoms with Gasteiger partial charge in [-0.1, -0.05) is 23.7 Å². The molecule has 14 heteroatoms. The molecule has 0 fully saturated rings. The van der Waals surface area contributed by atoms with Gasteiger partial charge in [-0.25, -0.2) is 17.6 Å². The van der Waals surface area contributed by atoms with Gasteiger partial charge in [0.1, 0.15) is 22.2 Å². The number of halogens is 2. The predicted octanol–water partition coefficient (Wildman–Crippen LogP) is 5.34. The molecular formula is C27H30ClFN4O6S2. The van der Waals surface area contributed by atoms with Gasteiger partial charge in [-0.05, 0) is 64.4 Å². The molecule has 220 valence electrons. The van der Waals surface area contributed by atoms with Gasteiger partial charge in [0.15, 0.2) is 9.84 Å². The van der Waals surface area contributed by atoms with E-state index in [2.05, 4.69) is 15.5 Å². The number of ether oxygens (including phenoxy) is 1. The van der Waals surface area contributed by atoms with Crippen molar-refractivity contribution in [2.45, 2.75) is 62.4 Å². The van der Waals surface area contributed by atoms with Crippen molar-refractivity contribution in [3.05, 3.63) is 58.7 Å². The Hall–Kier alpha value is -3.16. The van der Waals surface area contributed by atoms with Crippen LogP contribution >= 0.6 is 23.4 Å². The molecule has 0 bridgehead atoms. The molecule has 2 amide bonds. The number of sulfone groups is 1. The monoisotopic (exact) mass is 624 g/mol. The lowest BCUT2D eigenvalue weighted by Gasteiger charge is -2.27. The number of hydrogen-bond donors (Lipinski definition) is 1. The molecule has 0 spiro atoms. The predicted molar refractivity (Wildman–Crippen MR) is 154 cm³/mol. The van der Waals surface area contributed by atoms with Crippen LogP contribution in [0.25, 0.3) is 11.5 Å².